The SMILES string of the molecule is CC[C@H]1OC(=O)[C@H](C)[C@@H](O[C@H]2C[C@@](C)(OC)[C@@H](O)[C@H](C)O2)[C@H](C)[C@@H](O[C@@H]2O[C@H](C)C[C@H](N(C)CCc3cn(C(Cc4ccc(S(N)(=O)=O)cc4)C(N)=O)nn3)[C@H]2O)[C@](C)(O)C[C@@H](C)CN(C)[C@H](C)[C@@H](O)[C@H]1C. The van der Waals surface area contributed by atoms with Gasteiger partial charge in [0.25, 0.3) is 0 Å². The number of nitrogens with zero attached hydrogens (tertiary/aromatic N) is 5. The average molecular weight is 1040 g/mol. The number of hydrogen-bond acceptors (Lipinski definition) is 18. The number of aliphatic hydroxyl groups is 4. The zero-order valence-electron chi connectivity index (χ0n) is 44.5. The Balaban J connectivity index is 1.43. The minimum Gasteiger partial charge on any atom is -0.462 e. The number of carbonyl (C=O) groups is 2. The van der Waals surface area contributed by atoms with Gasteiger partial charge in [0.15, 0.2) is 12.6 Å². The predicted molar refractivity (Wildman–Crippen MR) is 265 cm³/mol. The summed E-state index contributed by atoms with van der Waals surface area (Å²) in [4.78, 5) is 31.0. The Kier molecular flexibility index (Phi) is 20.4. The highest BCUT2D eigenvalue weighted by Crippen LogP contribution is 2.40. The van der Waals surface area contributed by atoms with Gasteiger partial charge in [0, 0.05) is 69.6 Å². The first-order chi connectivity index (χ1) is 33.5. The van der Waals surface area contributed by atoms with E-state index in [1.165, 1.54) is 23.9 Å². The van der Waals surface area contributed by atoms with Crippen LogP contribution in [0.25, 0.3) is 0 Å². The highest BCUT2D eigenvalue weighted by atomic mass is 32.2. The third-order valence-electron chi connectivity index (χ3n) is 15.7. The summed E-state index contributed by atoms with van der Waals surface area (Å²) >= 11 is 0. The van der Waals surface area contributed by atoms with Crippen molar-refractivity contribution in [2.75, 3.05) is 34.3 Å². The molecule has 8 N–H and O–H groups in total. The minimum absolute atomic E-state index is 0.0604. The number of primary amides is 1. The lowest BCUT2D eigenvalue weighted by atomic mass is 9.77. The summed E-state index contributed by atoms with van der Waals surface area (Å²) < 4.78 is 63.3. The summed E-state index contributed by atoms with van der Waals surface area (Å²) in [6, 6.07) is 4.09. The predicted octanol–water partition coefficient (Wildman–Crippen LogP) is 1.91. The van der Waals surface area contributed by atoms with Crippen molar-refractivity contribution in [1.82, 2.24) is 24.8 Å². The second-order valence-electron chi connectivity index (χ2n) is 21.7. The van der Waals surface area contributed by atoms with Crippen LogP contribution in [0.5, 0.6) is 0 Å². The van der Waals surface area contributed by atoms with Gasteiger partial charge in [0.1, 0.15) is 24.4 Å². The van der Waals surface area contributed by atoms with Crippen molar-refractivity contribution >= 4 is 21.9 Å². The lowest BCUT2D eigenvalue weighted by molar-refractivity contribution is -0.318. The largest absolute Gasteiger partial charge is 0.462 e. The van der Waals surface area contributed by atoms with Crippen LogP contribution >= 0.6 is 0 Å². The van der Waals surface area contributed by atoms with E-state index in [0.717, 1.165) is 0 Å². The van der Waals surface area contributed by atoms with E-state index in [-0.39, 0.29) is 36.1 Å². The van der Waals surface area contributed by atoms with Crippen LogP contribution in [-0.2, 0) is 60.9 Å². The van der Waals surface area contributed by atoms with E-state index in [0.29, 0.717) is 43.6 Å². The van der Waals surface area contributed by atoms with E-state index < -0.39 is 124 Å². The monoisotopic (exact) mass is 1040 g/mol. The van der Waals surface area contributed by atoms with Crippen molar-refractivity contribution < 1.29 is 66.9 Å². The van der Waals surface area contributed by atoms with Gasteiger partial charge in [-0.1, -0.05) is 45.0 Å². The number of sulfonamides is 1. The first kappa shape index (κ1) is 59.6. The summed E-state index contributed by atoms with van der Waals surface area (Å²) in [5, 5.41) is 61.5. The van der Waals surface area contributed by atoms with Gasteiger partial charge in [-0.3, -0.25) is 9.59 Å². The first-order valence-corrected chi connectivity index (χ1v) is 26.9. The Morgan fingerprint density at radius 1 is 1.00 bits per heavy atom. The van der Waals surface area contributed by atoms with Gasteiger partial charge in [-0.2, -0.15) is 0 Å². The highest BCUT2D eigenvalue weighted by Gasteiger charge is 2.52. The molecular weight excluding hydrogens is 955 g/mol. The number of amides is 1. The molecule has 22 heteroatoms. The number of hydrogen-bond donors (Lipinski definition) is 6. The lowest BCUT2D eigenvalue weighted by Crippen LogP contribution is -2.60. The molecule has 1 amide bonds. The summed E-state index contributed by atoms with van der Waals surface area (Å²) in [6.07, 6.45) is -5.84. The minimum atomic E-state index is -3.90. The summed E-state index contributed by atoms with van der Waals surface area (Å²) in [6.45, 7) is 19.2. The molecule has 4 heterocycles. The lowest BCUT2D eigenvalue weighted by Gasteiger charge is -2.49. The number of ether oxygens (including phenoxy) is 6. The molecule has 3 saturated heterocycles. The maximum absolute atomic E-state index is 14.5. The zero-order chi connectivity index (χ0) is 53.8. The smallest absolute Gasteiger partial charge is 0.311 e. The Morgan fingerprint density at radius 2 is 1.65 bits per heavy atom. The fourth-order valence-corrected chi connectivity index (χ4v) is 11.5. The fraction of sp³-hybridized carbons (Fsp3) is 0.800. The number of nitrogens with two attached hydrogens (primary N) is 2. The van der Waals surface area contributed by atoms with E-state index >= 15 is 0 Å². The van der Waals surface area contributed by atoms with Crippen LogP contribution in [-0.4, -0.2) is 185 Å². The third kappa shape index (κ3) is 14.4. The molecule has 0 radical (unpaired) electrons. The summed E-state index contributed by atoms with van der Waals surface area (Å²) in [5.41, 5.74) is 4.30. The van der Waals surface area contributed by atoms with Gasteiger partial charge in [-0.25, -0.2) is 18.2 Å². The molecule has 19 atom stereocenters. The van der Waals surface area contributed by atoms with Crippen molar-refractivity contribution in [1.29, 1.82) is 0 Å². The van der Waals surface area contributed by atoms with Crippen molar-refractivity contribution in [3.8, 4) is 0 Å². The van der Waals surface area contributed by atoms with E-state index in [4.69, 9.17) is 39.3 Å². The van der Waals surface area contributed by atoms with E-state index in [1.54, 1.807) is 46.0 Å². The maximum atomic E-state index is 14.5. The quantitative estimate of drug-likeness (QED) is 0.139. The van der Waals surface area contributed by atoms with Crippen molar-refractivity contribution in [3.63, 3.8) is 0 Å². The van der Waals surface area contributed by atoms with Crippen molar-refractivity contribution in [2.45, 2.75) is 203 Å². The Hall–Kier alpha value is -3.23. The van der Waals surface area contributed by atoms with Crippen LogP contribution in [0.4, 0.5) is 0 Å². The molecule has 0 spiro atoms. The number of aromatic nitrogens is 3. The second-order valence-corrected chi connectivity index (χ2v) is 23.2. The molecule has 72 heavy (non-hydrogen) atoms. The van der Waals surface area contributed by atoms with Gasteiger partial charge in [-0.05, 0) is 98.5 Å². The number of rotatable bonds is 15. The van der Waals surface area contributed by atoms with Crippen LogP contribution in [0.2, 0.25) is 0 Å². The number of cyclic esters (lactones) is 1. The number of carbonyl (C=O) groups excluding carboxylic acids is 2. The van der Waals surface area contributed by atoms with Gasteiger partial charge in [0.2, 0.25) is 15.9 Å². The molecule has 1 aromatic heterocycles. The van der Waals surface area contributed by atoms with Crippen molar-refractivity contribution in [3.05, 3.63) is 41.7 Å². The molecule has 2 aromatic rings. The summed E-state index contributed by atoms with van der Waals surface area (Å²) in [7, 11) is 1.39. The van der Waals surface area contributed by atoms with E-state index in [9.17, 15) is 38.4 Å². The molecule has 1 aromatic carbocycles. The maximum Gasteiger partial charge on any atom is 0.311 e. The second kappa shape index (κ2) is 24.6. The normalized spacial score (nSPS) is 38.7. The number of likely N-dealkylation sites (N-methyl/N-ethyl adjacent to an activating group) is 2. The van der Waals surface area contributed by atoms with E-state index in [2.05, 4.69) is 10.3 Å². The molecule has 21 nitrogen and oxygen atoms in total. The molecule has 1 unspecified atom stereocenters. The fourth-order valence-electron chi connectivity index (χ4n) is 11.0. The van der Waals surface area contributed by atoms with Gasteiger partial charge in [0.05, 0.1) is 58.2 Å². The molecule has 3 aliphatic rings. The van der Waals surface area contributed by atoms with Crippen LogP contribution in [0.1, 0.15) is 112 Å². The molecule has 3 aliphatic heterocycles. The standard InChI is InChI=1S/C50H85N7O14S/c1-14-39-29(4)41(58)32(7)56(12)25-27(2)23-49(9,63)45(30(5)43(31(6)47(62)69-39)70-40-24-50(10,66-13)44(60)33(8)68-40)71-48-42(59)37(21-28(3)67-48)55(11)20-19-35-26-57(54-53-35)38(46(51)61)22-34-15-17-36(18-16-34)72(52,64)65/h15-18,26-33,37-45,48,58-60,63H,14,19-25H2,1-13H3,(H2,51,61)(H2,52,64,65)/t27-,28-,29+,30+,31-,32-,33+,37+,38?,39-,40+,41+,42-,43+,44+,45-,48+,49-,50-/m1/s1. The molecule has 3 fully saturated rings. The number of aliphatic hydroxyl groups excluding tert-OH is 3. The summed E-state index contributed by atoms with van der Waals surface area (Å²) in [5.74, 6) is -3.57. The number of esters is 1. The number of methoxy groups -OCH3 is 1. The van der Waals surface area contributed by atoms with Crippen LogP contribution in [0.3, 0.4) is 0 Å². The Morgan fingerprint density at radius 3 is 2.25 bits per heavy atom. The zero-order valence-corrected chi connectivity index (χ0v) is 45.3. The van der Waals surface area contributed by atoms with Crippen molar-refractivity contribution in [2.24, 2.45) is 34.5 Å². The highest BCUT2D eigenvalue weighted by molar-refractivity contribution is 7.89. The van der Waals surface area contributed by atoms with Gasteiger partial charge in [-0.15, -0.1) is 5.10 Å². The van der Waals surface area contributed by atoms with Crippen LogP contribution in [0, 0.1) is 23.7 Å². The average Bonchev–Trinajstić information content (AvgIpc) is 3.79. The van der Waals surface area contributed by atoms with Crippen LogP contribution in [0.15, 0.2) is 35.4 Å². The Labute approximate surface area is 426 Å². The van der Waals surface area contributed by atoms with Crippen LogP contribution < -0.4 is 10.9 Å². The first-order valence-electron chi connectivity index (χ1n) is 25.4. The van der Waals surface area contributed by atoms with Gasteiger partial charge < -0.3 is 64.4 Å². The topological polar surface area (TPSA) is 294 Å². The molecule has 0 aliphatic carbocycles. The molecule has 0 saturated carbocycles. The molecular formula is C50H85N7O14S. The molecule has 0 bridgehead atoms. The third-order valence-corrected chi connectivity index (χ3v) is 16.6. The Bertz CT molecular complexity index is 2190. The molecule has 410 valence electrons. The molecule has 5 rings (SSSR count). The van der Waals surface area contributed by atoms with Gasteiger partial charge >= 0.3 is 5.97 Å². The number of benzene rings is 1. The van der Waals surface area contributed by atoms with E-state index in [1.807, 2.05) is 65.4 Å². The number of primary sulfonamides is 1.